The minimum Gasteiger partial charge on any atom is -0.481 e. The van der Waals surface area contributed by atoms with Crippen LogP contribution in [0.3, 0.4) is 0 Å². The minimum atomic E-state index is -0.753. The molecule has 1 saturated heterocycles. The third kappa shape index (κ3) is 2.43. The van der Waals surface area contributed by atoms with Crippen molar-refractivity contribution in [3.8, 4) is 0 Å². The first kappa shape index (κ1) is 13.5. The van der Waals surface area contributed by atoms with Crippen molar-refractivity contribution in [2.24, 2.45) is 5.92 Å². The average molecular weight is 314 g/mol. The lowest BCUT2D eigenvalue weighted by atomic mass is 9.99. The molecule has 0 bridgehead atoms. The zero-order valence-corrected chi connectivity index (χ0v) is 12.1. The predicted molar refractivity (Wildman–Crippen MR) is 78.7 cm³/mol. The smallest absolute Gasteiger partial charge is 0.308 e. The normalized spacial score (nSPS) is 19.5. The zero-order valence-electron chi connectivity index (χ0n) is 10.6. The quantitative estimate of drug-likeness (QED) is 0.893. The van der Waals surface area contributed by atoms with Gasteiger partial charge in [0.2, 0.25) is 5.95 Å². The molecule has 1 aliphatic heterocycles. The fraction of sp³-hybridized carbons (Fsp3) is 0.385. The molecule has 3 rings (SSSR count). The lowest BCUT2D eigenvalue weighted by molar-refractivity contribution is -0.141. The van der Waals surface area contributed by atoms with E-state index < -0.39 is 5.97 Å². The Balaban J connectivity index is 1.92. The average Bonchev–Trinajstić information content (AvgIpc) is 2.82. The van der Waals surface area contributed by atoms with Gasteiger partial charge in [-0.05, 0) is 25.0 Å². The second kappa shape index (κ2) is 5.14. The van der Waals surface area contributed by atoms with E-state index in [1.165, 1.54) is 0 Å². The van der Waals surface area contributed by atoms with E-state index in [2.05, 4.69) is 9.97 Å². The molecule has 20 heavy (non-hydrogen) atoms. The molecule has 1 aliphatic rings. The fourth-order valence-electron chi connectivity index (χ4n) is 2.51. The molecule has 2 N–H and O–H groups in total. The number of hydrogen-bond acceptors (Lipinski definition) is 3. The summed E-state index contributed by atoms with van der Waals surface area (Å²) in [6.07, 6.45) is 1.55. The summed E-state index contributed by atoms with van der Waals surface area (Å²) in [6, 6.07) is 3.44. The number of H-pyrrole nitrogens is 1. The number of piperidine rings is 1. The molecule has 2 heterocycles. The maximum absolute atomic E-state index is 11.1. The maximum Gasteiger partial charge on any atom is 0.308 e. The number of aromatic amines is 1. The third-order valence-electron chi connectivity index (χ3n) is 3.58. The second-order valence-electron chi connectivity index (χ2n) is 4.97. The standard InChI is InChI=1S/C13H13Cl2N3O2/c14-8-4-10-11(5-9(8)15)17-13(16-10)18-3-1-2-7(6-18)12(19)20/h4-5,7H,1-3,6H2,(H,16,17)(H,19,20). The predicted octanol–water partition coefficient (Wildman–Crippen LogP) is 3.17. The van der Waals surface area contributed by atoms with Crippen LogP contribution in [0.2, 0.25) is 10.0 Å². The topological polar surface area (TPSA) is 69.2 Å². The van der Waals surface area contributed by atoms with Crippen LogP contribution in [-0.2, 0) is 4.79 Å². The van der Waals surface area contributed by atoms with Crippen LogP contribution in [-0.4, -0.2) is 34.1 Å². The highest BCUT2D eigenvalue weighted by atomic mass is 35.5. The molecule has 0 amide bonds. The molecule has 5 nitrogen and oxygen atoms in total. The summed E-state index contributed by atoms with van der Waals surface area (Å²) in [5, 5.41) is 10.0. The molecule has 2 aromatic rings. The number of benzene rings is 1. The van der Waals surface area contributed by atoms with Gasteiger partial charge in [-0.3, -0.25) is 4.79 Å². The number of hydrogen-bond donors (Lipinski definition) is 2. The Morgan fingerprint density at radius 2 is 2.15 bits per heavy atom. The highest BCUT2D eigenvalue weighted by molar-refractivity contribution is 6.42. The number of aliphatic carboxylic acids is 1. The van der Waals surface area contributed by atoms with Gasteiger partial charge in [0.1, 0.15) is 0 Å². The van der Waals surface area contributed by atoms with E-state index >= 15 is 0 Å². The van der Waals surface area contributed by atoms with Gasteiger partial charge in [0, 0.05) is 13.1 Å². The number of anilines is 1. The number of nitrogens with zero attached hydrogens (tertiary/aromatic N) is 2. The van der Waals surface area contributed by atoms with Crippen LogP contribution in [0.25, 0.3) is 11.0 Å². The molecule has 0 saturated carbocycles. The van der Waals surface area contributed by atoms with Gasteiger partial charge >= 0.3 is 5.97 Å². The molecule has 1 fully saturated rings. The summed E-state index contributed by atoms with van der Waals surface area (Å²) in [4.78, 5) is 20.7. The number of carboxylic acid groups (broad SMARTS) is 1. The molecule has 1 aromatic heterocycles. The van der Waals surface area contributed by atoms with E-state index in [1.54, 1.807) is 12.1 Å². The SMILES string of the molecule is O=C(O)C1CCCN(c2nc3cc(Cl)c(Cl)cc3[nH]2)C1. The van der Waals surface area contributed by atoms with Gasteiger partial charge in [-0.25, -0.2) is 4.98 Å². The fourth-order valence-corrected chi connectivity index (χ4v) is 2.83. The summed E-state index contributed by atoms with van der Waals surface area (Å²) in [7, 11) is 0. The Hall–Kier alpha value is -1.46. The molecular formula is C13H13Cl2N3O2. The van der Waals surface area contributed by atoms with Crippen molar-refractivity contribution in [3.05, 3.63) is 22.2 Å². The van der Waals surface area contributed by atoms with E-state index in [0.717, 1.165) is 24.0 Å². The van der Waals surface area contributed by atoms with E-state index in [9.17, 15) is 4.79 Å². The first-order chi connectivity index (χ1) is 9.54. The molecule has 1 aromatic carbocycles. The highest BCUT2D eigenvalue weighted by Gasteiger charge is 2.27. The van der Waals surface area contributed by atoms with Crippen molar-refractivity contribution in [2.45, 2.75) is 12.8 Å². The molecule has 0 radical (unpaired) electrons. The zero-order chi connectivity index (χ0) is 14.3. The van der Waals surface area contributed by atoms with Crippen molar-refractivity contribution in [1.29, 1.82) is 0 Å². The van der Waals surface area contributed by atoms with E-state index in [0.29, 0.717) is 29.0 Å². The Bertz CT molecular complexity index is 632. The first-order valence-electron chi connectivity index (χ1n) is 6.37. The molecule has 0 aliphatic carbocycles. The monoisotopic (exact) mass is 313 g/mol. The lowest BCUT2D eigenvalue weighted by Crippen LogP contribution is -2.39. The van der Waals surface area contributed by atoms with E-state index in [-0.39, 0.29) is 5.92 Å². The number of rotatable bonds is 2. The number of carboxylic acids is 1. The number of nitrogens with one attached hydrogen (secondary N) is 1. The summed E-state index contributed by atoms with van der Waals surface area (Å²) in [5.41, 5.74) is 1.53. The van der Waals surface area contributed by atoms with Gasteiger partial charge in [0.25, 0.3) is 0 Å². The van der Waals surface area contributed by atoms with Crippen LogP contribution in [0.1, 0.15) is 12.8 Å². The summed E-state index contributed by atoms with van der Waals surface area (Å²) >= 11 is 11.9. The molecule has 106 valence electrons. The van der Waals surface area contributed by atoms with Crippen molar-refractivity contribution in [1.82, 2.24) is 9.97 Å². The second-order valence-corrected chi connectivity index (χ2v) is 5.78. The highest BCUT2D eigenvalue weighted by Crippen LogP contribution is 2.29. The van der Waals surface area contributed by atoms with Gasteiger partial charge in [-0.1, -0.05) is 23.2 Å². The number of carbonyl (C=O) groups is 1. The Morgan fingerprint density at radius 1 is 1.40 bits per heavy atom. The van der Waals surface area contributed by atoms with Crippen LogP contribution in [0.15, 0.2) is 12.1 Å². The van der Waals surface area contributed by atoms with Crippen LogP contribution in [0.4, 0.5) is 5.95 Å². The molecule has 0 spiro atoms. The first-order valence-corrected chi connectivity index (χ1v) is 7.12. The number of aromatic nitrogens is 2. The number of halogens is 2. The van der Waals surface area contributed by atoms with Crippen molar-refractivity contribution < 1.29 is 9.90 Å². The van der Waals surface area contributed by atoms with Gasteiger partial charge < -0.3 is 15.0 Å². The molecular weight excluding hydrogens is 301 g/mol. The minimum absolute atomic E-state index is 0.343. The van der Waals surface area contributed by atoms with Crippen molar-refractivity contribution >= 4 is 46.2 Å². The van der Waals surface area contributed by atoms with E-state index in [4.69, 9.17) is 28.3 Å². The van der Waals surface area contributed by atoms with Gasteiger partial charge in [-0.2, -0.15) is 0 Å². The van der Waals surface area contributed by atoms with Crippen molar-refractivity contribution in [2.75, 3.05) is 18.0 Å². The van der Waals surface area contributed by atoms with Crippen LogP contribution >= 0.6 is 23.2 Å². The number of fused-ring (bicyclic) bond motifs is 1. The Kier molecular flexibility index (Phi) is 3.48. The summed E-state index contributed by atoms with van der Waals surface area (Å²) in [5.74, 6) is -0.426. The third-order valence-corrected chi connectivity index (χ3v) is 4.30. The summed E-state index contributed by atoms with van der Waals surface area (Å²) < 4.78 is 0. The summed E-state index contributed by atoms with van der Waals surface area (Å²) in [6.45, 7) is 1.27. The molecule has 7 heteroatoms. The van der Waals surface area contributed by atoms with Gasteiger partial charge in [-0.15, -0.1) is 0 Å². The van der Waals surface area contributed by atoms with E-state index in [1.807, 2.05) is 4.90 Å². The van der Waals surface area contributed by atoms with Gasteiger partial charge in [0.05, 0.1) is 27.0 Å². The van der Waals surface area contributed by atoms with Crippen LogP contribution in [0, 0.1) is 5.92 Å². The largest absolute Gasteiger partial charge is 0.481 e. The number of imidazole rings is 1. The lowest BCUT2D eigenvalue weighted by Gasteiger charge is -2.30. The molecule has 1 atom stereocenters. The van der Waals surface area contributed by atoms with Crippen LogP contribution < -0.4 is 4.90 Å². The maximum atomic E-state index is 11.1. The Morgan fingerprint density at radius 3 is 2.90 bits per heavy atom. The Labute approximate surface area is 125 Å². The van der Waals surface area contributed by atoms with Gasteiger partial charge in [0.15, 0.2) is 0 Å². The molecule has 1 unspecified atom stereocenters. The van der Waals surface area contributed by atoms with Crippen LogP contribution in [0.5, 0.6) is 0 Å². The van der Waals surface area contributed by atoms with Crippen molar-refractivity contribution in [3.63, 3.8) is 0 Å².